The number of rotatable bonds is 6. The second-order valence-electron chi connectivity index (χ2n) is 6.15. The first-order valence-corrected chi connectivity index (χ1v) is 10.9. The minimum absolute atomic E-state index is 0.141. The Balaban J connectivity index is 2.09. The van der Waals surface area contributed by atoms with Crippen LogP contribution < -0.4 is 4.72 Å². The molecule has 6 nitrogen and oxygen atoms in total. The molecule has 12 heteroatoms. The first kappa shape index (κ1) is 22.4. The Labute approximate surface area is 182 Å². The zero-order valence-electron chi connectivity index (χ0n) is 15.1. The lowest BCUT2D eigenvalue weighted by molar-refractivity contribution is -0.146. The van der Waals surface area contributed by atoms with Crippen molar-refractivity contribution in [2.45, 2.75) is 17.6 Å². The Bertz CT molecular complexity index is 1250. The molecular weight excluding hydrogens is 513 g/mol. The smallest absolute Gasteiger partial charge is 0.342 e. The molecule has 1 N–H and O–H groups in total. The molecule has 0 fully saturated rings. The van der Waals surface area contributed by atoms with Gasteiger partial charge in [0.2, 0.25) is 6.17 Å². The van der Waals surface area contributed by atoms with Gasteiger partial charge in [0, 0.05) is 22.7 Å². The molecule has 0 aliphatic carbocycles. The van der Waals surface area contributed by atoms with E-state index in [9.17, 15) is 26.4 Å². The van der Waals surface area contributed by atoms with E-state index in [1.165, 1.54) is 22.8 Å². The van der Waals surface area contributed by atoms with Gasteiger partial charge < -0.3 is 9.30 Å². The number of carbonyl (C=O) groups is 1. The number of nitrogens with zero attached hydrogens (tertiary/aromatic N) is 1. The van der Waals surface area contributed by atoms with E-state index in [0.717, 1.165) is 19.4 Å². The number of aromatic nitrogens is 1. The van der Waals surface area contributed by atoms with Gasteiger partial charge in [-0.05, 0) is 40.2 Å². The Kier molecular flexibility index (Phi) is 6.34. The number of benzene rings is 2. The van der Waals surface area contributed by atoms with Gasteiger partial charge in [0.15, 0.2) is 0 Å². The van der Waals surface area contributed by atoms with Crippen LogP contribution in [0.15, 0.2) is 45.9 Å². The van der Waals surface area contributed by atoms with E-state index in [1.807, 2.05) is 4.72 Å². The summed E-state index contributed by atoms with van der Waals surface area (Å²) in [5.41, 5.74) is -0.389. The molecule has 0 amide bonds. The number of carbonyl (C=O) groups excluding carboxylic acids is 1. The average molecular weight is 526 g/mol. The van der Waals surface area contributed by atoms with E-state index < -0.39 is 46.0 Å². The third-order valence-electron chi connectivity index (χ3n) is 4.17. The van der Waals surface area contributed by atoms with Gasteiger partial charge in [-0.25, -0.2) is 26.4 Å². The zero-order valence-corrected chi connectivity index (χ0v) is 18.3. The summed E-state index contributed by atoms with van der Waals surface area (Å²) < 4.78 is 75.1. The molecule has 3 aromatic rings. The molecule has 0 bridgehead atoms. The zero-order chi connectivity index (χ0) is 22.2. The second kappa shape index (κ2) is 8.48. The number of hydrogen-bond donors (Lipinski definition) is 1. The SMILES string of the molecule is COC(=O)C(F)Cn1cc(S(=O)(=O)Nc2cc(F)c(Br)cc2F)c2ccc(Cl)cc21. The first-order chi connectivity index (χ1) is 14.0. The van der Waals surface area contributed by atoms with Crippen molar-refractivity contribution in [2.75, 3.05) is 11.8 Å². The fraction of sp³-hybridized carbons (Fsp3) is 0.167. The van der Waals surface area contributed by atoms with Crippen LogP contribution in [0.3, 0.4) is 0 Å². The van der Waals surface area contributed by atoms with Crippen molar-refractivity contribution in [1.82, 2.24) is 4.57 Å². The number of alkyl halides is 1. The van der Waals surface area contributed by atoms with Crippen molar-refractivity contribution in [3.8, 4) is 0 Å². The van der Waals surface area contributed by atoms with Gasteiger partial charge >= 0.3 is 5.97 Å². The molecule has 1 aromatic heterocycles. The fourth-order valence-corrected chi connectivity index (χ4v) is 4.54. The van der Waals surface area contributed by atoms with Crippen molar-refractivity contribution in [2.24, 2.45) is 0 Å². The van der Waals surface area contributed by atoms with E-state index in [4.69, 9.17) is 11.6 Å². The molecule has 30 heavy (non-hydrogen) atoms. The maximum Gasteiger partial charge on any atom is 0.342 e. The minimum atomic E-state index is -4.42. The molecule has 0 aliphatic rings. The third kappa shape index (κ3) is 4.42. The van der Waals surface area contributed by atoms with Crippen molar-refractivity contribution in [1.29, 1.82) is 0 Å². The summed E-state index contributed by atoms with van der Waals surface area (Å²) in [5.74, 6) is -3.01. The number of halogens is 5. The summed E-state index contributed by atoms with van der Waals surface area (Å²) in [7, 11) is -3.40. The highest BCUT2D eigenvalue weighted by Crippen LogP contribution is 2.31. The Morgan fingerprint density at radius 1 is 1.27 bits per heavy atom. The number of fused-ring (bicyclic) bond motifs is 1. The normalized spacial score (nSPS) is 12.7. The lowest BCUT2D eigenvalue weighted by Gasteiger charge is -2.09. The van der Waals surface area contributed by atoms with Gasteiger partial charge in [0.1, 0.15) is 16.5 Å². The maximum atomic E-state index is 14.1. The molecule has 0 saturated carbocycles. The largest absolute Gasteiger partial charge is 0.467 e. The monoisotopic (exact) mass is 524 g/mol. The van der Waals surface area contributed by atoms with E-state index in [2.05, 4.69) is 20.7 Å². The number of esters is 1. The summed E-state index contributed by atoms with van der Waals surface area (Å²) in [6.45, 7) is -0.541. The highest BCUT2D eigenvalue weighted by atomic mass is 79.9. The summed E-state index contributed by atoms with van der Waals surface area (Å²) in [6, 6.07) is 5.65. The van der Waals surface area contributed by atoms with E-state index in [-0.39, 0.29) is 25.3 Å². The first-order valence-electron chi connectivity index (χ1n) is 8.21. The lowest BCUT2D eigenvalue weighted by Crippen LogP contribution is -2.22. The Morgan fingerprint density at radius 2 is 1.97 bits per heavy atom. The average Bonchev–Trinajstić information content (AvgIpc) is 3.03. The van der Waals surface area contributed by atoms with Crippen LogP contribution in [0.25, 0.3) is 10.9 Å². The summed E-state index contributed by atoms with van der Waals surface area (Å²) in [5, 5.41) is 0.384. The molecular formula is C18H13BrClF3N2O4S. The van der Waals surface area contributed by atoms with Crippen LogP contribution >= 0.6 is 27.5 Å². The number of hydrogen-bond acceptors (Lipinski definition) is 4. The topological polar surface area (TPSA) is 77.4 Å². The highest BCUT2D eigenvalue weighted by Gasteiger charge is 2.26. The molecule has 0 aliphatic heterocycles. The van der Waals surface area contributed by atoms with E-state index in [0.29, 0.717) is 6.07 Å². The molecule has 0 radical (unpaired) electrons. The minimum Gasteiger partial charge on any atom is -0.467 e. The van der Waals surface area contributed by atoms with Gasteiger partial charge in [0.25, 0.3) is 10.0 Å². The van der Waals surface area contributed by atoms with Crippen LogP contribution in [0.5, 0.6) is 0 Å². The van der Waals surface area contributed by atoms with Crippen LogP contribution in [0.4, 0.5) is 18.9 Å². The summed E-state index contributed by atoms with van der Waals surface area (Å²) >= 11 is 8.77. The van der Waals surface area contributed by atoms with Gasteiger partial charge in [-0.2, -0.15) is 0 Å². The number of ether oxygens (including phenoxy) is 1. The van der Waals surface area contributed by atoms with Crippen LogP contribution in [-0.2, 0) is 26.1 Å². The lowest BCUT2D eigenvalue weighted by atomic mass is 10.2. The Hall–Kier alpha value is -2.24. The van der Waals surface area contributed by atoms with Crippen molar-refractivity contribution >= 4 is 60.1 Å². The highest BCUT2D eigenvalue weighted by molar-refractivity contribution is 9.10. The van der Waals surface area contributed by atoms with E-state index in [1.54, 1.807) is 0 Å². The predicted octanol–water partition coefficient (Wildman–Crippen LogP) is 4.65. The molecule has 1 unspecified atom stereocenters. The molecule has 2 aromatic carbocycles. The fourth-order valence-electron chi connectivity index (χ4n) is 2.77. The quantitative estimate of drug-likeness (QED) is 0.376. The number of nitrogens with one attached hydrogen (secondary N) is 1. The van der Waals surface area contributed by atoms with Crippen LogP contribution in [0.1, 0.15) is 0 Å². The summed E-state index contributed by atoms with van der Waals surface area (Å²) in [6.07, 6.45) is -0.988. The summed E-state index contributed by atoms with van der Waals surface area (Å²) in [4.78, 5) is 11.1. The van der Waals surface area contributed by atoms with Gasteiger partial charge in [-0.3, -0.25) is 4.72 Å². The van der Waals surface area contributed by atoms with Crippen molar-refractivity contribution in [3.05, 3.63) is 57.7 Å². The Morgan fingerprint density at radius 3 is 2.63 bits per heavy atom. The standard InChI is InChI=1S/C18H13BrClF3N2O4S/c1-29-18(26)14(23)7-25-8-17(10-3-2-9(20)4-16(10)25)30(27,28)24-15-6-12(21)11(19)5-13(15)22/h2-6,8,14,24H,7H2,1H3. The third-order valence-corrected chi connectivity index (χ3v) is 6.40. The predicted molar refractivity (Wildman–Crippen MR) is 109 cm³/mol. The van der Waals surface area contributed by atoms with Gasteiger partial charge in [-0.15, -0.1) is 0 Å². The van der Waals surface area contributed by atoms with Gasteiger partial charge in [-0.1, -0.05) is 11.6 Å². The van der Waals surface area contributed by atoms with Crippen molar-refractivity contribution < 1.29 is 31.1 Å². The van der Waals surface area contributed by atoms with Crippen molar-refractivity contribution in [3.63, 3.8) is 0 Å². The second-order valence-corrected chi connectivity index (χ2v) is 9.09. The van der Waals surface area contributed by atoms with Crippen LogP contribution in [0, 0.1) is 11.6 Å². The number of sulfonamides is 1. The van der Waals surface area contributed by atoms with E-state index >= 15 is 0 Å². The van der Waals surface area contributed by atoms with Crippen LogP contribution in [-0.4, -0.2) is 32.2 Å². The van der Waals surface area contributed by atoms with Crippen LogP contribution in [0.2, 0.25) is 5.02 Å². The molecule has 0 spiro atoms. The molecule has 0 saturated heterocycles. The number of anilines is 1. The molecule has 160 valence electrons. The number of methoxy groups -OCH3 is 1. The molecule has 1 heterocycles. The molecule has 3 rings (SSSR count). The maximum absolute atomic E-state index is 14.1. The molecule has 1 atom stereocenters. The van der Waals surface area contributed by atoms with Gasteiger partial charge in [0.05, 0.1) is 29.3 Å².